The van der Waals surface area contributed by atoms with Gasteiger partial charge in [0, 0.05) is 5.57 Å². The van der Waals surface area contributed by atoms with Crippen molar-refractivity contribution in [3.05, 3.63) is 12.2 Å². The van der Waals surface area contributed by atoms with Crippen molar-refractivity contribution in [3.8, 4) is 0 Å². The molecule has 0 aromatic heterocycles. The molecule has 0 bridgehead atoms. The van der Waals surface area contributed by atoms with Crippen LogP contribution in [0.2, 0.25) is 57.9 Å². The van der Waals surface area contributed by atoms with Crippen molar-refractivity contribution in [2.24, 2.45) is 0 Å². The fraction of sp³-hybridized carbons (Fsp3) is 0.833. The largest absolute Gasteiger partial charge is 0.462 e. The SMILES string of the molecule is C=C(C)C(=O)OCCCCC(C)[Si](C)(C)O[Si](C)(C)O[Si](C)(C)O[SiH](C)C. The molecule has 0 rings (SSSR count). The summed E-state index contributed by atoms with van der Waals surface area (Å²) < 4.78 is 24.4. The average Bonchev–Trinajstić information content (AvgIpc) is 2.41. The van der Waals surface area contributed by atoms with Crippen LogP contribution in [0, 0.1) is 0 Å². The summed E-state index contributed by atoms with van der Waals surface area (Å²) in [5, 5.41) is 0. The number of esters is 1. The minimum absolute atomic E-state index is 0.301. The van der Waals surface area contributed by atoms with Crippen LogP contribution in [0.3, 0.4) is 0 Å². The minimum Gasteiger partial charge on any atom is -0.462 e. The predicted octanol–water partition coefficient (Wildman–Crippen LogP) is 5.31. The van der Waals surface area contributed by atoms with Crippen molar-refractivity contribution >= 4 is 40.4 Å². The normalized spacial score (nSPS) is 14.3. The standard InChI is InChI=1S/C18H42O5Si4/c1-16(2)18(19)20-15-13-12-14-17(3)25(6,7)22-27(10,11)23-26(8,9)21-24(4)5/h17,24H,1,12-15H2,2-11H3. The van der Waals surface area contributed by atoms with E-state index in [-0.39, 0.29) is 5.97 Å². The van der Waals surface area contributed by atoms with E-state index in [1.54, 1.807) is 6.92 Å². The van der Waals surface area contributed by atoms with Gasteiger partial charge in [-0.2, -0.15) is 0 Å². The molecule has 0 aliphatic heterocycles. The highest BCUT2D eigenvalue weighted by Crippen LogP contribution is 2.32. The van der Waals surface area contributed by atoms with Crippen molar-refractivity contribution in [1.29, 1.82) is 0 Å². The molecule has 160 valence electrons. The molecule has 0 N–H and O–H groups in total. The first-order chi connectivity index (χ1) is 12.1. The highest BCUT2D eigenvalue weighted by atomic mass is 28.5. The van der Waals surface area contributed by atoms with Crippen molar-refractivity contribution in [1.82, 2.24) is 0 Å². The number of unbranched alkanes of at least 4 members (excludes halogenated alkanes) is 1. The Balaban J connectivity index is 4.49. The number of carbonyl (C=O) groups excluding carboxylic acids is 1. The summed E-state index contributed by atoms with van der Waals surface area (Å²) in [7, 11) is -7.38. The Morgan fingerprint density at radius 3 is 2.04 bits per heavy atom. The van der Waals surface area contributed by atoms with E-state index in [4.69, 9.17) is 17.1 Å². The molecule has 0 fully saturated rings. The van der Waals surface area contributed by atoms with Gasteiger partial charge < -0.3 is 17.1 Å². The zero-order chi connectivity index (χ0) is 21.5. The topological polar surface area (TPSA) is 54.0 Å². The van der Waals surface area contributed by atoms with E-state index in [9.17, 15) is 4.79 Å². The lowest BCUT2D eigenvalue weighted by Crippen LogP contribution is -2.55. The lowest BCUT2D eigenvalue weighted by Gasteiger charge is -2.41. The highest BCUT2D eigenvalue weighted by molar-refractivity contribution is 6.88. The van der Waals surface area contributed by atoms with E-state index >= 15 is 0 Å². The lowest BCUT2D eigenvalue weighted by molar-refractivity contribution is -0.139. The molecule has 0 aromatic rings. The third-order valence-electron chi connectivity index (χ3n) is 4.32. The quantitative estimate of drug-likeness (QED) is 0.165. The Hall–Kier alpha value is -0.0425. The van der Waals surface area contributed by atoms with Crippen molar-refractivity contribution in [2.45, 2.75) is 91.0 Å². The van der Waals surface area contributed by atoms with Gasteiger partial charge in [0.1, 0.15) is 0 Å². The molecule has 1 atom stereocenters. The molecular weight excluding hydrogens is 409 g/mol. The van der Waals surface area contributed by atoms with E-state index in [0.717, 1.165) is 19.3 Å². The summed E-state index contributed by atoms with van der Waals surface area (Å²) >= 11 is 0. The Kier molecular flexibility index (Phi) is 11.2. The first kappa shape index (κ1) is 27.0. The van der Waals surface area contributed by atoms with E-state index in [2.05, 4.69) is 65.9 Å². The lowest BCUT2D eigenvalue weighted by atomic mass is 10.2. The molecule has 0 spiro atoms. The second-order valence-electron chi connectivity index (χ2n) is 9.09. The summed E-state index contributed by atoms with van der Waals surface area (Å²) in [6.45, 7) is 25.5. The number of rotatable bonds is 13. The van der Waals surface area contributed by atoms with Gasteiger partial charge in [0.15, 0.2) is 17.4 Å². The Bertz CT molecular complexity index is 492. The fourth-order valence-electron chi connectivity index (χ4n) is 3.13. The van der Waals surface area contributed by atoms with Crippen LogP contribution in [-0.2, 0) is 21.9 Å². The molecule has 9 heteroatoms. The molecule has 5 nitrogen and oxygen atoms in total. The van der Waals surface area contributed by atoms with Gasteiger partial charge in [0.2, 0.25) is 0 Å². The Morgan fingerprint density at radius 2 is 1.56 bits per heavy atom. The van der Waals surface area contributed by atoms with Gasteiger partial charge in [0.05, 0.1) is 6.61 Å². The second-order valence-corrected chi connectivity index (χ2v) is 23.6. The van der Waals surface area contributed by atoms with E-state index < -0.39 is 34.5 Å². The smallest absolute Gasteiger partial charge is 0.333 e. The molecular formula is C18H42O5Si4. The number of hydrogen-bond donors (Lipinski definition) is 0. The Labute approximate surface area is 172 Å². The summed E-state index contributed by atoms with van der Waals surface area (Å²) in [4.78, 5) is 11.4. The molecule has 0 heterocycles. The molecule has 0 radical (unpaired) electrons. The zero-order valence-corrected chi connectivity index (χ0v) is 23.4. The summed E-state index contributed by atoms with van der Waals surface area (Å²) in [6.07, 6.45) is 2.97. The maximum absolute atomic E-state index is 11.4. The molecule has 1 unspecified atom stereocenters. The first-order valence-electron chi connectivity index (χ1n) is 9.99. The van der Waals surface area contributed by atoms with Crippen LogP contribution >= 0.6 is 0 Å². The monoisotopic (exact) mass is 450 g/mol. The highest BCUT2D eigenvalue weighted by Gasteiger charge is 2.42. The maximum Gasteiger partial charge on any atom is 0.333 e. The third-order valence-corrected chi connectivity index (χ3v) is 19.1. The maximum atomic E-state index is 11.4. The van der Waals surface area contributed by atoms with Gasteiger partial charge >= 0.3 is 23.1 Å². The number of ether oxygens (including phenoxy) is 1. The fourth-order valence-corrected chi connectivity index (χ4v) is 20.3. The van der Waals surface area contributed by atoms with Crippen LogP contribution in [-0.4, -0.2) is 47.1 Å². The first-order valence-corrected chi connectivity index (χ1v) is 21.4. The van der Waals surface area contributed by atoms with E-state index in [1.165, 1.54) is 0 Å². The van der Waals surface area contributed by atoms with Gasteiger partial charge in [-0.3, -0.25) is 0 Å². The predicted molar refractivity (Wildman–Crippen MR) is 124 cm³/mol. The van der Waals surface area contributed by atoms with Crippen LogP contribution in [0.1, 0.15) is 33.1 Å². The van der Waals surface area contributed by atoms with Crippen LogP contribution in [0.25, 0.3) is 0 Å². The van der Waals surface area contributed by atoms with Crippen molar-refractivity contribution in [2.75, 3.05) is 6.61 Å². The van der Waals surface area contributed by atoms with Gasteiger partial charge in [-0.25, -0.2) is 4.79 Å². The molecule has 27 heavy (non-hydrogen) atoms. The summed E-state index contributed by atoms with van der Waals surface area (Å²) in [5.41, 5.74) is 0.961. The molecule has 0 aromatic carbocycles. The van der Waals surface area contributed by atoms with Crippen LogP contribution in [0.4, 0.5) is 0 Å². The van der Waals surface area contributed by atoms with Crippen molar-refractivity contribution < 1.29 is 21.9 Å². The van der Waals surface area contributed by atoms with Gasteiger partial charge in [-0.05, 0) is 77.7 Å². The van der Waals surface area contributed by atoms with Crippen LogP contribution in [0.15, 0.2) is 12.2 Å². The number of hydrogen-bond acceptors (Lipinski definition) is 5. The van der Waals surface area contributed by atoms with Gasteiger partial charge in [0.25, 0.3) is 0 Å². The second kappa shape index (κ2) is 11.2. The molecule has 0 amide bonds. The van der Waals surface area contributed by atoms with Crippen LogP contribution < -0.4 is 0 Å². The molecule has 0 aliphatic rings. The third kappa shape index (κ3) is 12.2. The van der Waals surface area contributed by atoms with Gasteiger partial charge in [-0.1, -0.05) is 19.9 Å². The summed E-state index contributed by atoms with van der Waals surface area (Å²) in [6, 6.07) is 0. The zero-order valence-electron chi connectivity index (χ0n) is 19.2. The Morgan fingerprint density at radius 1 is 1.00 bits per heavy atom. The van der Waals surface area contributed by atoms with Crippen molar-refractivity contribution in [3.63, 3.8) is 0 Å². The van der Waals surface area contributed by atoms with E-state index in [1.807, 2.05) is 0 Å². The average molecular weight is 451 g/mol. The molecule has 0 saturated carbocycles. The minimum atomic E-state index is -2.24. The molecule has 0 aliphatic carbocycles. The molecule has 0 saturated heterocycles. The van der Waals surface area contributed by atoms with Gasteiger partial charge in [-0.15, -0.1) is 0 Å². The van der Waals surface area contributed by atoms with Crippen LogP contribution in [0.5, 0.6) is 0 Å². The number of carbonyl (C=O) groups is 1. The summed E-state index contributed by atoms with van der Waals surface area (Å²) in [5.74, 6) is -0.301. The van der Waals surface area contributed by atoms with E-state index in [0.29, 0.717) is 17.7 Å².